The number of amides is 3. The van der Waals surface area contributed by atoms with E-state index in [4.69, 9.17) is 0 Å². The summed E-state index contributed by atoms with van der Waals surface area (Å²) >= 11 is 1.68. The average molecular weight is 515 g/mol. The zero-order valence-corrected chi connectivity index (χ0v) is 18.1. The fourth-order valence-electron chi connectivity index (χ4n) is 3.86. The van der Waals surface area contributed by atoms with E-state index in [0.717, 1.165) is 23.9 Å². The summed E-state index contributed by atoms with van der Waals surface area (Å²) in [5.41, 5.74) is 1.71. The van der Waals surface area contributed by atoms with Crippen LogP contribution in [0, 0.1) is 15.2 Å². The maximum Gasteiger partial charge on any atom is 0.322 e. The summed E-state index contributed by atoms with van der Waals surface area (Å²) in [5.74, 6) is -1.90. The second-order valence-electron chi connectivity index (χ2n) is 7.36. The monoisotopic (exact) mass is 515 g/mol. The van der Waals surface area contributed by atoms with Crippen LogP contribution in [0.5, 0.6) is 0 Å². The van der Waals surface area contributed by atoms with Gasteiger partial charge in [0.15, 0.2) is 11.6 Å². The van der Waals surface area contributed by atoms with Crippen LogP contribution in [-0.2, 0) is 11.3 Å². The van der Waals surface area contributed by atoms with Crippen LogP contribution in [0.25, 0.3) is 0 Å². The topological polar surface area (TPSA) is 70.5 Å². The van der Waals surface area contributed by atoms with E-state index in [1.807, 2.05) is 18.5 Å². The fraction of sp³-hybridized carbons (Fsp3) is 0.421. The van der Waals surface area contributed by atoms with Crippen molar-refractivity contribution in [3.63, 3.8) is 0 Å². The van der Waals surface area contributed by atoms with E-state index >= 15 is 0 Å². The summed E-state index contributed by atoms with van der Waals surface area (Å²) in [7, 11) is 0. The molecule has 154 valence electrons. The van der Waals surface area contributed by atoms with Crippen molar-refractivity contribution in [1.29, 1.82) is 0 Å². The summed E-state index contributed by atoms with van der Waals surface area (Å²) in [5, 5.41) is 7.11. The van der Waals surface area contributed by atoms with E-state index < -0.39 is 17.7 Å². The van der Waals surface area contributed by atoms with Crippen molar-refractivity contribution in [2.75, 3.05) is 16.8 Å². The van der Waals surface area contributed by atoms with Crippen molar-refractivity contribution in [2.45, 2.75) is 45.3 Å². The molecule has 0 unspecified atom stereocenters. The first-order valence-electron chi connectivity index (χ1n) is 9.37. The van der Waals surface area contributed by atoms with Crippen LogP contribution in [0.15, 0.2) is 18.3 Å². The molecular weight excluding hydrogens is 495 g/mol. The van der Waals surface area contributed by atoms with E-state index in [1.54, 1.807) is 38.6 Å². The van der Waals surface area contributed by atoms with Crippen molar-refractivity contribution in [3.8, 4) is 0 Å². The minimum absolute atomic E-state index is 0.0550. The van der Waals surface area contributed by atoms with E-state index in [1.165, 1.54) is 6.07 Å². The van der Waals surface area contributed by atoms with Crippen molar-refractivity contribution in [3.05, 3.63) is 39.2 Å². The summed E-state index contributed by atoms with van der Waals surface area (Å²) in [4.78, 5) is 28.5. The molecule has 1 saturated heterocycles. The zero-order valence-electron chi connectivity index (χ0n) is 16.0. The molecule has 29 heavy (non-hydrogen) atoms. The van der Waals surface area contributed by atoms with Gasteiger partial charge in [0, 0.05) is 24.7 Å². The van der Waals surface area contributed by atoms with Crippen molar-refractivity contribution in [1.82, 2.24) is 14.7 Å². The van der Waals surface area contributed by atoms with Crippen molar-refractivity contribution in [2.24, 2.45) is 0 Å². The number of urea groups is 1. The van der Waals surface area contributed by atoms with Crippen LogP contribution in [0.2, 0.25) is 0 Å². The smallest absolute Gasteiger partial charge is 0.314 e. The summed E-state index contributed by atoms with van der Waals surface area (Å²) in [6.45, 7) is 4.76. The molecule has 1 aromatic carbocycles. The van der Waals surface area contributed by atoms with E-state index in [2.05, 4.69) is 10.4 Å². The van der Waals surface area contributed by atoms with Crippen LogP contribution >= 0.6 is 22.6 Å². The van der Waals surface area contributed by atoms with Crippen LogP contribution in [0.1, 0.15) is 38.4 Å². The van der Waals surface area contributed by atoms with Gasteiger partial charge in [-0.2, -0.15) is 5.10 Å². The molecule has 3 heterocycles. The minimum Gasteiger partial charge on any atom is -0.314 e. The van der Waals surface area contributed by atoms with Gasteiger partial charge < -0.3 is 15.1 Å². The highest BCUT2D eigenvalue weighted by Gasteiger charge is 2.37. The van der Waals surface area contributed by atoms with Crippen LogP contribution in [0.3, 0.4) is 0 Å². The number of fused-ring (bicyclic) bond motifs is 1. The van der Waals surface area contributed by atoms with Gasteiger partial charge in [0.05, 0.1) is 39.8 Å². The minimum atomic E-state index is -1.01. The van der Waals surface area contributed by atoms with Crippen LogP contribution in [-0.4, -0.2) is 39.2 Å². The Morgan fingerprint density at radius 2 is 2.03 bits per heavy atom. The molecule has 0 bridgehead atoms. The number of anilines is 2. The third kappa shape index (κ3) is 3.47. The molecule has 2 aliphatic rings. The normalized spacial score (nSPS) is 21.5. The number of carbonyl (C=O) groups excluding carboxylic acids is 2. The Labute approximate surface area is 180 Å². The summed E-state index contributed by atoms with van der Waals surface area (Å²) < 4.78 is 29.2. The highest BCUT2D eigenvalue weighted by molar-refractivity contribution is 14.1. The van der Waals surface area contributed by atoms with Gasteiger partial charge in [-0.05, 0) is 48.9 Å². The molecule has 3 amide bonds. The molecule has 0 spiro atoms. The molecule has 0 radical (unpaired) electrons. The SMILES string of the molecule is C[C@@H]1[C@H](C)N(C(=O)Nc2cc(F)c(F)c(I)c2)Cc2c(N3CCCC3=O)cnn21. The number of halogens is 3. The molecule has 10 heteroatoms. The third-order valence-corrected chi connectivity index (χ3v) is 6.42. The quantitative estimate of drug-likeness (QED) is 0.488. The molecule has 2 atom stereocenters. The maximum atomic E-state index is 13.7. The molecule has 0 aliphatic carbocycles. The van der Waals surface area contributed by atoms with Gasteiger partial charge in [0.1, 0.15) is 0 Å². The van der Waals surface area contributed by atoms with E-state index in [0.29, 0.717) is 13.0 Å². The van der Waals surface area contributed by atoms with Gasteiger partial charge in [0.2, 0.25) is 5.91 Å². The predicted octanol–water partition coefficient (Wildman–Crippen LogP) is 3.89. The van der Waals surface area contributed by atoms with Crippen LogP contribution < -0.4 is 10.2 Å². The molecule has 1 aromatic heterocycles. The maximum absolute atomic E-state index is 13.7. The van der Waals surface area contributed by atoms with Gasteiger partial charge in [-0.15, -0.1) is 0 Å². The second kappa shape index (κ2) is 7.54. The first kappa shape index (κ1) is 20.0. The third-order valence-electron chi connectivity index (χ3n) is 5.63. The summed E-state index contributed by atoms with van der Waals surface area (Å²) in [6, 6.07) is 1.63. The van der Waals surface area contributed by atoms with E-state index in [-0.39, 0.29) is 33.8 Å². The lowest BCUT2D eigenvalue weighted by molar-refractivity contribution is -0.117. The average Bonchev–Trinajstić information content (AvgIpc) is 3.28. The second-order valence-corrected chi connectivity index (χ2v) is 8.53. The van der Waals surface area contributed by atoms with Crippen molar-refractivity contribution >= 4 is 45.9 Å². The predicted molar refractivity (Wildman–Crippen MR) is 112 cm³/mol. The Kier molecular flexibility index (Phi) is 5.21. The Morgan fingerprint density at radius 3 is 2.69 bits per heavy atom. The fourth-order valence-corrected chi connectivity index (χ4v) is 4.45. The number of nitrogens with one attached hydrogen (secondary N) is 1. The van der Waals surface area contributed by atoms with Gasteiger partial charge in [-0.25, -0.2) is 13.6 Å². The number of hydrogen-bond acceptors (Lipinski definition) is 3. The summed E-state index contributed by atoms with van der Waals surface area (Å²) in [6.07, 6.45) is 2.99. The number of hydrogen-bond donors (Lipinski definition) is 1. The lowest BCUT2D eigenvalue weighted by Gasteiger charge is -2.39. The Balaban J connectivity index is 1.60. The number of carbonyl (C=O) groups is 2. The lowest BCUT2D eigenvalue weighted by Crippen LogP contribution is -2.49. The molecule has 4 rings (SSSR count). The standard InChI is InChI=1S/C19H20F2IN5O2/c1-10-11(2)27-16(15(8-23-27)25-5-3-4-17(25)28)9-26(10)19(29)24-12-6-13(20)18(21)14(22)7-12/h6-8,10-11H,3-5,9H2,1-2H3,(H,24,29)/t10-,11+/m0/s1. The molecular formula is C19H20F2IN5O2. The molecule has 0 saturated carbocycles. The Bertz CT molecular complexity index is 972. The number of rotatable bonds is 2. The molecule has 2 aliphatic heterocycles. The zero-order chi connectivity index (χ0) is 20.9. The van der Waals surface area contributed by atoms with Gasteiger partial charge in [-0.1, -0.05) is 0 Å². The largest absolute Gasteiger partial charge is 0.322 e. The first-order valence-corrected chi connectivity index (χ1v) is 10.4. The highest BCUT2D eigenvalue weighted by atomic mass is 127. The molecule has 2 aromatic rings. The van der Waals surface area contributed by atoms with Gasteiger partial charge >= 0.3 is 6.03 Å². The Morgan fingerprint density at radius 1 is 1.28 bits per heavy atom. The van der Waals surface area contributed by atoms with Gasteiger partial charge in [-0.3, -0.25) is 9.48 Å². The number of aromatic nitrogens is 2. The van der Waals surface area contributed by atoms with Crippen molar-refractivity contribution < 1.29 is 18.4 Å². The lowest BCUT2D eigenvalue weighted by atomic mass is 10.1. The molecule has 1 fully saturated rings. The molecule has 7 nitrogen and oxygen atoms in total. The van der Waals surface area contributed by atoms with Crippen LogP contribution in [0.4, 0.5) is 25.0 Å². The number of benzene rings is 1. The Hall–Kier alpha value is -2.24. The number of nitrogens with zero attached hydrogens (tertiary/aromatic N) is 4. The van der Waals surface area contributed by atoms with E-state index in [9.17, 15) is 18.4 Å². The molecule has 1 N–H and O–H groups in total. The van der Waals surface area contributed by atoms with Gasteiger partial charge in [0.25, 0.3) is 0 Å². The highest BCUT2D eigenvalue weighted by Crippen LogP contribution is 2.34. The first-order chi connectivity index (χ1) is 13.8.